The third-order valence-corrected chi connectivity index (χ3v) is 6.69. The topological polar surface area (TPSA) is 111 Å². The van der Waals surface area contributed by atoms with Crippen LogP contribution in [0.25, 0.3) is 0 Å². The minimum absolute atomic E-state index is 0.157. The van der Waals surface area contributed by atoms with E-state index in [9.17, 15) is 14.4 Å². The van der Waals surface area contributed by atoms with Gasteiger partial charge in [-0.25, -0.2) is 9.59 Å². The molecule has 2 aliphatic rings. The SMILES string of the molecule is O=C(O)/C=C/C(=O)O.O=C1c2ccccc2CN1CC1CCN(C(c2ccccc2)c2ccco2)CC1. The van der Waals surface area contributed by atoms with Crippen LogP contribution in [0.15, 0.2) is 89.6 Å². The molecule has 2 aromatic carbocycles. The Morgan fingerprint density at radius 1 is 0.919 bits per heavy atom. The van der Waals surface area contributed by atoms with E-state index in [1.54, 1.807) is 6.26 Å². The summed E-state index contributed by atoms with van der Waals surface area (Å²) in [5.74, 6) is -0.766. The number of piperidine rings is 1. The number of nitrogens with zero attached hydrogens (tertiary/aromatic N) is 2. The average Bonchev–Trinajstić information content (AvgIpc) is 3.54. The summed E-state index contributed by atoms with van der Waals surface area (Å²) in [5.41, 5.74) is 3.31. The number of carboxylic acids is 2. The monoisotopic (exact) mass is 502 g/mol. The van der Waals surface area contributed by atoms with Gasteiger partial charge in [-0.05, 0) is 61.2 Å². The Kier molecular flexibility index (Phi) is 8.53. The molecule has 0 radical (unpaired) electrons. The van der Waals surface area contributed by atoms with Gasteiger partial charge in [-0.15, -0.1) is 0 Å². The summed E-state index contributed by atoms with van der Waals surface area (Å²) in [6.45, 7) is 3.65. The molecule has 1 amide bonds. The van der Waals surface area contributed by atoms with Gasteiger partial charge < -0.3 is 19.5 Å². The first-order chi connectivity index (χ1) is 17.9. The number of hydrogen-bond donors (Lipinski definition) is 2. The normalized spacial score (nSPS) is 16.8. The molecule has 8 nitrogen and oxygen atoms in total. The van der Waals surface area contributed by atoms with Gasteiger partial charge in [-0.3, -0.25) is 9.69 Å². The number of hydrogen-bond acceptors (Lipinski definition) is 5. The summed E-state index contributed by atoms with van der Waals surface area (Å²) in [6.07, 6.45) is 5.08. The van der Waals surface area contributed by atoms with Crippen molar-refractivity contribution in [3.8, 4) is 0 Å². The van der Waals surface area contributed by atoms with Crippen LogP contribution in [0, 0.1) is 5.92 Å². The van der Waals surface area contributed by atoms with Crippen LogP contribution < -0.4 is 0 Å². The summed E-state index contributed by atoms with van der Waals surface area (Å²) in [5, 5.41) is 15.6. The van der Waals surface area contributed by atoms with Crippen LogP contribution in [0.2, 0.25) is 0 Å². The van der Waals surface area contributed by atoms with Gasteiger partial charge in [0.05, 0.1) is 12.3 Å². The maximum atomic E-state index is 12.7. The number of carboxylic acid groups (broad SMARTS) is 2. The molecule has 0 saturated carbocycles. The lowest BCUT2D eigenvalue weighted by atomic mass is 9.93. The van der Waals surface area contributed by atoms with Crippen LogP contribution in [0.4, 0.5) is 0 Å². The molecule has 0 aliphatic carbocycles. The zero-order valence-corrected chi connectivity index (χ0v) is 20.4. The number of carbonyl (C=O) groups is 3. The van der Waals surface area contributed by atoms with Gasteiger partial charge in [-0.2, -0.15) is 0 Å². The number of benzene rings is 2. The van der Waals surface area contributed by atoms with E-state index in [1.165, 1.54) is 5.56 Å². The fourth-order valence-electron chi connectivity index (χ4n) is 4.95. The van der Waals surface area contributed by atoms with Gasteiger partial charge in [0.15, 0.2) is 0 Å². The first kappa shape index (κ1) is 25.9. The molecule has 3 heterocycles. The second-order valence-corrected chi connectivity index (χ2v) is 9.16. The predicted octanol–water partition coefficient (Wildman–Crippen LogP) is 4.45. The predicted molar refractivity (Wildman–Crippen MR) is 137 cm³/mol. The summed E-state index contributed by atoms with van der Waals surface area (Å²) < 4.78 is 5.79. The van der Waals surface area contributed by atoms with Gasteiger partial charge in [0, 0.05) is 30.8 Å². The summed E-state index contributed by atoms with van der Waals surface area (Å²) in [6, 6.07) is 22.8. The Morgan fingerprint density at radius 2 is 1.57 bits per heavy atom. The van der Waals surface area contributed by atoms with Gasteiger partial charge in [0.2, 0.25) is 0 Å². The summed E-state index contributed by atoms with van der Waals surface area (Å²) >= 11 is 0. The Bertz CT molecular complexity index is 1210. The van der Waals surface area contributed by atoms with E-state index in [0.717, 1.165) is 55.9 Å². The Hall–Kier alpha value is -4.17. The molecule has 3 aromatic rings. The lowest BCUT2D eigenvalue weighted by Crippen LogP contribution is -2.40. The molecule has 1 saturated heterocycles. The molecule has 0 spiro atoms. The van der Waals surface area contributed by atoms with Crippen LogP contribution in [-0.4, -0.2) is 57.5 Å². The molecule has 1 fully saturated rings. The number of aliphatic carboxylic acids is 2. The summed E-state index contributed by atoms with van der Waals surface area (Å²) in [4.78, 5) is 36.3. The van der Waals surface area contributed by atoms with Crippen molar-refractivity contribution < 1.29 is 29.0 Å². The number of rotatable bonds is 7. The molecule has 1 aromatic heterocycles. The van der Waals surface area contributed by atoms with E-state index in [0.29, 0.717) is 18.1 Å². The van der Waals surface area contributed by atoms with Crippen molar-refractivity contribution in [1.82, 2.24) is 9.80 Å². The number of likely N-dealkylation sites (tertiary alicyclic amines) is 1. The molecule has 1 unspecified atom stereocenters. The van der Waals surface area contributed by atoms with E-state index in [-0.39, 0.29) is 11.9 Å². The minimum atomic E-state index is -1.26. The average molecular weight is 503 g/mol. The summed E-state index contributed by atoms with van der Waals surface area (Å²) in [7, 11) is 0. The number of furan rings is 1. The molecule has 192 valence electrons. The molecule has 5 rings (SSSR count). The van der Waals surface area contributed by atoms with Gasteiger partial charge in [-0.1, -0.05) is 48.5 Å². The highest BCUT2D eigenvalue weighted by molar-refractivity contribution is 5.98. The molecule has 0 bridgehead atoms. The van der Waals surface area contributed by atoms with E-state index in [4.69, 9.17) is 14.6 Å². The largest absolute Gasteiger partial charge is 0.478 e. The highest BCUT2D eigenvalue weighted by atomic mass is 16.4. The number of fused-ring (bicyclic) bond motifs is 1. The van der Waals surface area contributed by atoms with Crippen molar-refractivity contribution in [1.29, 1.82) is 0 Å². The maximum Gasteiger partial charge on any atom is 0.328 e. The zero-order chi connectivity index (χ0) is 26.2. The van der Waals surface area contributed by atoms with Crippen molar-refractivity contribution in [2.75, 3.05) is 19.6 Å². The van der Waals surface area contributed by atoms with Crippen LogP contribution in [0.3, 0.4) is 0 Å². The Morgan fingerprint density at radius 3 is 2.16 bits per heavy atom. The van der Waals surface area contributed by atoms with Gasteiger partial charge >= 0.3 is 11.9 Å². The van der Waals surface area contributed by atoms with Gasteiger partial charge in [0.1, 0.15) is 5.76 Å². The molecule has 2 N–H and O–H groups in total. The number of carbonyl (C=O) groups excluding carboxylic acids is 1. The molecular formula is C29H30N2O6. The van der Waals surface area contributed by atoms with Crippen LogP contribution in [-0.2, 0) is 16.1 Å². The fraction of sp³-hybridized carbons (Fsp3) is 0.276. The highest BCUT2D eigenvalue weighted by Gasteiger charge is 2.32. The third kappa shape index (κ3) is 6.74. The molecular weight excluding hydrogens is 472 g/mol. The quantitative estimate of drug-likeness (QED) is 0.459. The third-order valence-electron chi connectivity index (χ3n) is 6.69. The van der Waals surface area contributed by atoms with Crippen molar-refractivity contribution in [3.05, 3.63) is 108 Å². The van der Waals surface area contributed by atoms with Crippen molar-refractivity contribution in [3.63, 3.8) is 0 Å². The minimum Gasteiger partial charge on any atom is -0.478 e. The smallest absolute Gasteiger partial charge is 0.328 e. The highest BCUT2D eigenvalue weighted by Crippen LogP contribution is 2.33. The van der Waals surface area contributed by atoms with Crippen LogP contribution in [0.5, 0.6) is 0 Å². The standard InChI is InChI=1S/C25H26N2O2.C4H4O4/c28-25-22-10-5-4-9-21(22)18-27(25)17-19-12-14-26(15-13-19)24(23-11-6-16-29-23)20-7-2-1-3-8-20;5-3(6)1-2-4(7)8/h1-11,16,19,24H,12-15,17-18H2;1-2H,(H,5,6)(H,7,8)/b;2-1+. The Labute approximate surface area is 215 Å². The van der Waals surface area contributed by atoms with Crippen molar-refractivity contribution in [2.24, 2.45) is 5.92 Å². The second kappa shape index (κ2) is 12.2. The van der Waals surface area contributed by atoms with E-state index >= 15 is 0 Å². The Balaban J connectivity index is 0.000000349. The fourth-order valence-corrected chi connectivity index (χ4v) is 4.95. The van der Waals surface area contributed by atoms with E-state index in [1.807, 2.05) is 29.2 Å². The molecule has 1 atom stereocenters. The molecule has 37 heavy (non-hydrogen) atoms. The maximum absolute atomic E-state index is 12.7. The van der Waals surface area contributed by atoms with Crippen LogP contribution >= 0.6 is 0 Å². The second-order valence-electron chi connectivity index (χ2n) is 9.16. The van der Waals surface area contributed by atoms with E-state index < -0.39 is 11.9 Å². The lowest BCUT2D eigenvalue weighted by molar-refractivity contribution is -0.134. The van der Waals surface area contributed by atoms with Crippen molar-refractivity contribution in [2.45, 2.75) is 25.4 Å². The molecule has 8 heteroatoms. The number of amides is 1. The lowest BCUT2D eigenvalue weighted by Gasteiger charge is -2.38. The van der Waals surface area contributed by atoms with E-state index in [2.05, 4.69) is 47.4 Å². The molecule has 2 aliphatic heterocycles. The van der Waals surface area contributed by atoms with Gasteiger partial charge in [0.25, 0.3) is 5.91 Å². The van der Waals surface area contributed by atoms with Crippen molar-refractivity contribution >= 4 is 17.8 Å². The first-order valence-corrected chi connectivity index (χ1v) is 12.3. The zero-order valence-electron chi connectivity index (χ0n) is 20.4. The first-order valence-electron chi connectivity index (χ1n) is 12.3. The van der Waals surface area contributed by atoms with Crippen LogP contribution in [0.1, 0.15) is 46.1 Å².